The molecule has 0 aliphatic heterocycles. The SMILES string of the molecule is CC(O)CC(C)(C)OOC(C)(C)OOC(C)(C)CC(C)O. The van der Waals surface area contributed by atoms with E-state index >= 15 is 0 Å². The number of hydrogen-bond donors (Lipinski definition) is 2. The minimum Gasteiger partial charge on any atom is -0.393 e. The molecule has 0 aromatic carbocycles. The minimum absolute atomic E-state index is 0.428. The van der Waals surface area contributed by atoms with Gasteiger partial charge in [0.1, 0.15) is 11.2 Å². The van der Waals surface area contributed by atoms with Crippen molar-refractivity contribution in [3.05, 3.63) is 0 Å². The third-order valence-corrected chi connectivity index (χ3v) is 2.51. The molecule has 2 N–H and O–H groups in total. The molecule has 0 saturated heterocycles. The maximum Gasteiger partial charge on any atom is 0.228 e. The van der Waals surface area contributed by atoms with Crippen LogP contribution in [0, 0.1) is 0 Å². The Labute approximate surface area is 128 Å². The lowest BCUT2D eigenvalue weighted by atomic mass is 10.0. The number of hydrogen-bond acceptors (Lipinski definition) is 6. The first-order valence-electron chi connectivity index (χ1n) is 7.34. The highest BCUT2D eigenvalue weighted by Crippen LogP contribution is 2.25. The Morgan fingerprint density at radius 3 is 1.19 bits per heavy atom. The summed E-state index contributed by atoms with van der Waals surface area (Å²) < 4.78 is 0. The Bertz CT molecular complexity index is 269. The number of rotatable bonds is 10. The maximum atomic E-state index is 9.40. The first kappa shape index (κ1) is 20.8. The molecule has 6 heteroatoms. The van der Waals surface area contributed by atoms with Gasteiger partial charge in [-0.2, -0.15) is 9.78 Å². The molecule has 0 bridgehead atoms. The molecule has 0 aliphatic rings. The van der Waals surface area contributed by atoms with E-state index in [2.05, 4.69) is 0 Å². The summed E-state index contributed by atoms with van der Waals surface area (Å²) in [5, 5.41) is 18.8. The van der Waals surface area contributed by atoms with Gasteiger partial charge < -0.3 is 10.2 Å². The lowest BCUT2D eigenvalue weighted by Crippen LogP contribution is -2.39. The second kappa shape index (κ2) is 7.85. The molecule has 0 aromatic heterocycles. The van der Waals surface area contributed by atoms with Gasteiger partial charge in [0.25, 0.3) is 0 Å². The fourth-order valence-corrected chi connectivity index (χ4v) is 1.93. The van der Waals surface area contributed by atoms with Crippen molar-refractivity contribution in [3.63, 3.8) is 0 Å². The molecule has 2 atom stereocenters. The molecule has 2 unspecified atom stereocenters. The van der Waals surface area contributed by atoms with Crippen molar-refractivity contribution in [1.29, 1.82) is 0 Å². The number of aliphatic hydroxyl groups is 2. The smallest absolute Gasteiger partial charge is 0.228 e. The second-order valence-corrected chi connectivity index (χ2v) is 7.36. The zero-order chi connectivity index (χ0) is 16.9. The predicted molar refractivity (Wildman–Crippen MR) is 79.2 cm³/mol. The lowest BCUT2D eigenvalue weighted by molar-refractivity contribution is -0.535. The van der Waals surface area contributed by atoms with Crippen LogP contribution in [0.5, 0.6) is 0 Å². The highest BCUT2D eigenvalue weighted by atomic mass is 17.3. The van der Waals surface area contributed by atoms with Gasteiger partial charge >= 0.3 is 0 Å². The van der Waals surface area contributed by atoms with Crippen LogP contribution >= 0.6 is 0 Å². The summed E-state index contributed by atoms with van der Waals surface area (Å²) in [6.45, 7) is 13.9. The van der Waals surface area contributed by atoms with Gasteiger partial charge in [0.05, 0.1) is 12.2 Å². The Hall–Kier alpha value is -0.240. The lowest BCUT2D eigenvalue weighted by Gasteiger charge is -2.33. The van der Waals surface area contributed by atoms with E-state index in [0.29, 0.717) is 12.8 Å². The fourth-order valence-electron chi connectivity index (χ4n) is 1.93. The predicted octanol–water partition coefficient (Wildman–Crippen LogP) is 2.72. The Morgan fingerprint density at radius 1 is 0.667 bits per heavy atom. The van der Waals surface area contributed by atoms with Gasteiger partial charge in [0, 0.05) is 12.8 Å². The molecule has 21 heavy (non-hydrogen) atoms. The van der Waals surface area contributed by atoms with Crippen LogP contribution in [0.3, 0.4) is 0 Å². The fraction of sp³-hybridized carbons (Fsp3) is 1.00. The molecule has 0 saturated carbocycles. The first-order valence-corrected chi connectivity index (χ1v) is 7.34. The first-order chi connectivity index (χ1) is 9.25. The third kappa shape index (κ3) is 11.0. The molecular formula is C15H32O6. The van der Waals surface area contributed by atoms with Crippen LogP contribution in [-0.4, -0.2) is 39.4 Å². The monoisotopic (exact) mass is 308 g/mol. The molecular weight excluding hydrogens is 276 g/mol. The van der Waals surface area contributed by atoms with E-state index in [-0.39, 0.29) is 0 Å². The zero-order valence-electron chi connectivity index (χ0n) is 14.6. The van der Waals surface area contributed by atoms with Crippen molar-refractivity contribution in [2.75, 3.05) is 0 Å². The Morgan fingerprint density at radius 2 is 0.952 bits per heavy atom. The minimum atomic E-state index is -1.12. The third-order valence-electron chi connectivity index (χ3n) is 2.51. The molecule has 0 radical (unpaired) electrons. The van der Waals surface area contributed by atoms with Crippen LogP contribution in [0.1, 0.15) is 68.2 Å². The maximum absolute atomic E-state index is 9.40. The van der Waals surface area contributed by atoms with Gasteiger partial charge in [-0.1, -0.05) is 0 Å². The van der Waals surface area contributed by atoms with Crippen LogP contribution in [-0.2, 0) is 19.6 Å². The van der Waals surface area contributed by atoms with E-state index < -0.39 is 29.2 Å². The van der Waals surface area contributed by atoms with E-state index in [1.54, 1.807) is 27.7 Å². The molecule has 128 valence electrons. The topological polar surface area (TPSA) is 77.4 Å². The van der Waals surface area contributed by atoms with Crippen molar-refractivity contribution < 1.29 is 29.8 Å². The standard InChI is InChI=1S/C15H32O6/c1-11(16)9-13(3,4)18-20-15(7,8)21-19-14(5,6)10-12(2)17/h11-12,16-17H,9-10H2,1-8H3. The molecule has 0 aliphatic carbocycles. The van der Waals surface area contributed by atoms with E-state index in [0.717, 1.165) is 0 Å². The van der Waals surface area contributed by atoms with Crippen LogP contribution in [0.15, 0.2) is 0 Å². The Kier molecular flexibility index (Phi) is 7.76. The molecule has 0 rings (SSSR count). The van der Waals surface area contributed by atoms with Crippen LogP contribution in [0.2, 0.25) is 0 Å². The summed E-state index contributed by atoms with van der Waals surface area (Å²) in [5.41, 5.74) is -1.30. The summed E-state index contributed by atoms with van der Waals surface area (Å²) in [5.74, 6) is -1.12. The molecule has 0 aromatic rings. The van der Waals surface area contributed by atoms with E-state index in [1.165, 1.54) is 0 Å². The summed E-state index contributed by atoms with van der Waals surface area (Å²) in [6, 6.07) is 0. The van der Waals surface area contributed by atoms with E-state index in [4.69, 9.17) is 19.6 Å². The van der Waals surface area contributed by atoms with Gasteiger partial charge in [-0.3, -0.25) is 0 Å². The summed E-state index contributed by atoms with van der Waals surface area (Å²) in [7, 11) is 0. The average molecular weight is 308 g/mol. The van der Waals surface area contributed by atoms with Crippen molar-refractivity contribution in [1.82, 2.24) is 0 Å². The quantitative estimate of drug-likeness (QED) is 0.367. The van der Waals surface area contributed by atoms with Crippen molar-refractivity contribution in [2.24, 2.45) is 0 Å². The normalized spacial score (nSPS) is 16.9. The summed E-state index contributed by atoms with van der Waals surface area (Å²) in [6.07, 6.45) is -0.128. The second-order valence-electron chi connectivity index (χ2n) is 7.36. The molecule has 0 fully saturated rings. The van der Waals surface area contributed by atoms with Gasteiger partial charge in [0.15, 0.2) is 0 Å². The van der Waals surface area contributed by atoms with Crippen molar-refractivity contribution >= 4 is 0 Å². The molecule has 0 amide bonds. The van der Waals surface area contributed by atoms with Crippen molar-refractivity contribution in [3.8, 4) is 0 Å². The van der Waals surface area contributed by atoms with Crippen molar-refractivity contribution in [2.45, 2.75) is 97.4 Å². The zero-order valence-corrected chi connectivity index (χ0v) is 14.6. The van der Waals surface area contributed by atoms with Crippen LogP contribution in [0.4, 0.5) is 0 Å². The molecule has 6 nitrogen and oxygen atoms in total. The van der Waals surface area contributed by atoms with Gasteiger partial charge in [-0.05, 0) is 55.4 Å². The summed E-state index contributed by atoms with van der Waals surface area (Å²) in [4.78, 5) is 21.2. The average Bonchev–Trinajstić information content (AvgIpc) is 2.21. The Balaban J connectivity index is 4.31. The summed E-state index contributed by atoms with van der Waals surface area (Å²) >= 11 is 0. The van der Waals surface area contributed by atoms with Crippen LogP contribution in [0.25, 0.3) is 0 Å². The van der Waals surface area contributed by atoms with E-state index in [1.807, 2.05) is 27.7 Å². The highest BCUT2D eigenvalue weighted by molar-refractivity contribution is 4.71. The largest absolute Gasteiger partial charge is 0.393 e. The molecule has 0 spiro atoms. The van der Waals surface area contributed by atoms with Gasteiger partial charge in [-0.25, -0.2) is 9.78 Å². The van der Waals surface area contributed by atoms with Crippen LogP contribution < -0.4 is 0 Å². The molecule has 0 heterocycles. The van der Waals surface area contributed by atoms with Gasteiger partial charge in [0.2, 0.25) is 5.79 Å². The van der Waals surface area contributed by atoms with Gasteiger partial charge in [-0.15, -0.1) is 0 Å². The number of aliphatic hydroxyl groups excluding tert-OH is 2. The van der Waals surface area contributed by atoms with E-state index in [9.17, 15) is 10.2 Å². The highest BCUT2D eigenvalue weighted by Gasteiger charge is 2.32.